The number of carboxylic acids is 1. The lowest BCUT2D eigenvalue weighted by Crippen LogP contribution is -2.33. The molecule has 0 saturated heterocycles. The van der Waals surface area contributed by atoms with Crippen LogP contribution in [-0.4, -0.2) is 32.7 Å². The fraction of sp³-hybridized carbons (Fsp3) is 0.0556. The Bertz CT molecular complexity index is 1280. The van der Waals surface area contributed by atoms with Crippen molar-refractivity contribution in [3.8, 4) is 11.4 Å². The zero-order chi connectivity index (χ0) is 18.4. The number of fused-ring (bicyclic) bond motifs is 3. The second kappa shape index (κ2) is 5.62. The molecule has 4 aromatic rings. The van der Waals surface area contributed by atoms with Crippen molar-refractivity contribution >= 4 is 27.9 Å². The van der Waals surface area contributed by atoms with Gasteiger partial charge in [0.15, 0.2) is 0 Å². The van der Waals surface area contributed by atoms with Gasteiger partial charge in [-0.2, -0.15) is 0 Å². The van der Waals surface area contributed by atoms with Crippen molar-refractivity contribution in [2.75, 3.05) is 7.11 Å². The molecule has 0 unspecified atom stereocenters. The summed E-state index contributed by atoms with van der Waals surface area (Å²) in [7, 11) is 1.53. The van der Waals surface area contributed by atoms with Gasteiger partial charge in [-0.05, 0) is 42.5 Å². The van der Waals surface area contributed by atoms with Gasteiger partial charge in [0.1, 0.15) is 11.3 Å². The molecule has 8 nitrogen and oxygen atoms in total. The number of carbonyl (C=O) groups is 1. The van der Waals surface area contributed by atoms with E-state index in [2.05, 4.69) is 9.97 Å². The number of benzene rings is 2. The van der Waals surface area contributed by atoms with Crippen molar-refractivity contribution in [3.05, 3.63) is 68.9 Å². The van der Waals surface area contributed by atoms with Crippen LogP contribution in [0.25, 0.3) is 27.6 Å². The van der Waals surface area contributed by atoms with Gasteiger partial charge in [-0.1, -0.05) is 0 Å². The molecule has 0 atom stereocenters. The highest BCUT2D eigenvalue weighted by atomic mass is 16.5. The number of nitrogens with zero attached hydrogens (tertiary/aromatic N) is 1. The first-order chi connectivity index (χ1) is 12.5. The van der Waals surface area contributed by atoms with Crippen molar-refractivity contribution in [3.63, 3.8) is 0 Å². The van der Waals surface area contributed by atoms with E-state index in [4.69, 9.17) is 9.84 Å². The molecule has 8 heteroatoms. The third-order valence-corrected chi connectivity index (χ3v) is 4.23. The van der Waals surface area contributed by atoms with E-state index in [0.717, 1.165) is 4.57 Å². The number of aromatic nitrogens is 3. The lowest BCUT2D eigenvalue weighted by Gasteiger charge is -2.05. The number of ether oxygens (including phenoxy) is 1. The standard InChI is InChI=1S/C18H13N3O5/c1-26-11-6-7-13-12(8-11)14-15(19-13)16(22)21(18(25)20-14)10-4-2-9(3-5-10)17(23)24/h2-8,19H,1H3,(H,20,25)(H,23,24). The van der Waals surface area contributed by atoms with Gasteiger partial charge in [-0.3, -0.25) is 4.79 Å². The molecule has 130 valence electrons. The topological polar surface area (TPSA) is 117 Å². The monoisotopic (exact) mass is 351 g/mol. The Morgan fingerprint density at radius 1 is 1.04 bits per heavy atom. The zero-order valence-electron chi connectivity index (χ0n) is 13.6. The minimum Gasteiger partial charge on any atom is -0.497 e. The van der Waals surface area contributed by atoms with Crippen molar-refractivity contribution in [1.29, 1.82) is 0 Å². The molecule has 2 aromatic heterocycles. The van der Waals surface area contributed by atoms with Gasteiger partial charge >= 0.3 is 11.7 Å². The summed E-state index contributed by atoms with van der Waals surface area (Å²) in [5, 5.41) is 9.64. The second-order valence-corrected chi connectivity index (χ2v) is 5.71. The van der Waals surface area contributed by atoms with Gasteiger partial charge in [0.2, 0.25) is 0 Å². The Morgan fingerprint density at radius 3 is 2.42 bits per heavy atom. The Morgan fingerprint density at radius 2 is 1.77 bits per heavy atom. The lowest BCUT2D eigenvalue weighted by molar-refractivity contribution is 0.0697. The van der Waals surface area contributed by atoms with E-state index in [1.807, 2.05) is 0 Å². The Balaban J connectivity index is 2.00. The van der Waals surface area contributed by atoms with Crippen molar-refractivity contribution in [1.82, 2.24) is 14.5 Å². The number of carboxylic acid groups (broad SMARTS) is 1. The normalized spacial score (nSPS) is 11.1. The smallest absolute Gasteiger partial charge is 0.335 e. The Hall–Kier alpha value is -3.81. The number of hydrogen-bond acceptors (Lipinski definition) is 4. The Labute approximate surface area is 145 Å². The molecule has 2 aromatic carbocycles. The van der Waals surface area contributed by atoms with Crippen LogP contribution in [0.5, 0.6) is 5.75 Å². The number of rotatable bonds is 3. The summed E-state index contributed by atoms with van der Waals surface area (Å²) in [6.45, 7) is 0. The number of aromatic amines is 2. The van der Waals surface area contributed by atoms with E-state index < -0.39 is 17.2 Å². The summed E-state index contributed by atoms with van der Waals surface area (Å²) >= 11 is 0. The van der Waals surface area contributed by atoms with Crippen LogP contribution in [0.3, 0.4) is 0 Å². The van der Waals surface area contributed by atoms with Crippen LogP contribution < -0.4 is 16.0 Å². The molecular formula is C18H13N3O5. The highest BCUT2D eigenvalue weighted by Gasteiger charge is 2.15. The van der Waals surface area contributed by atoms with Crippen LogP contribution in [0.4, 0.5) is 0 Å². The van der Waals surface area contributed by atoms with E-state index in [0.29, 0.717) is 22.2 Å². The fourth-order valence-electron chi connectivity index (χ4n) is 2.94. The minimum atomic E-state index is -1.09. The highest BCUT2D eigenvalue weighted by molar-refractivity contribution is 6.05. The van der Waals surface area contributed by atoms with Crippen molar-refractivity contribution in [2.45, 2.75) is 0 Å². The molecule has 0 saturated carbocycles. The molecule has 0 amide bonds. The van der Waals surface area contributed by atoms with E-state index >= 15 is 0 Å². The quantitative estimate of drug-likeness (QED) is 0.521. The summed E-state index contributed by atoms with van der Waals surface area (Å²) in [5.41, 5.74) is 0.530. The largest absolute Gasteiger partial charge is 0.497 e. The summed E-state index contributed by atoms with van der Waals surface area (Å²) in [6, 6.07) is 10.7. The molecule has 3 N–H and O–H groups in total. The van der Waals surface area contributed by atoms with E-state index in [9.17, 15) is 14.4 Å². The predicted octanol–water partition coefficient (Wildman–Crippen LogP) is 1.87. The molecule has 26 heavy (non-hydrogen) atoms. The van der Waals surface area contributed by atoms with E-state index in [-0.39, 0.29) is 16.8 Å². The van der Waals surface area contributed by atoms with Crippen LogP contribution in [0.15, 0.2) is 52.1 Å². The number of methoxy groups -OCH3 is 1. The van der Waals surface area contributed by atoms with Gasteiger partial charge in [-0.25, -0.2) is 14.2 Å². The fourth-order valence-corrected chi connectivity index (χ4v) is 2.94. The number of nitrogens with one attached hydrogen (secondary N) is 2. The highest BCUT2D eigenvalue weighted by Crippen LogP contribution is 2.25. The third-order valence-electron chi connectivity index (χ3n) is 4.23. The maximum absolute atomic E-state index is 12.9. The first-order valence-corrected chi connectivity index (χ1v) is 7.68. The van der Waals surface area contributed by atoms with Gasteiger partial charge < -0.3 is 19.8 Å². The van der Waals surface area contributed by atoms with Gasteiger partial charge in [0, 0.05) is 10.9 Å². The van der Waals surface area contributed by atoms with E-state index in [1.54, 1.807) is 18.2 Å². The summed E-state index contributed by atoms with van der Waals surface area (Å²) in [5.74, 6) is -0.481. The number of hydrogen-bond donors (Lipinski definition) is 3. The summed E-state index contributed by atoms with van der Waals surface area (Å²) < 4.78 is 6.15. The molecule has 0 radical (unpaired) electrons. The van der Waals surface area contributed by atoms with Crippen LogP contribution in [-0.2, 0) is 0 Å². The zero-order valence-corrected chi connectivity index (χ0v) is 13.6. The lowest BCUT2D eigenvalue weighted by atomic mass is 10.2. The number of H-pyrrole nitrogens is 2. The summed E-state index contributed by atoms with van der Waals surface area (Å²) in [4.78, 5) is 42.1. The molecule has 0 aliphatic carbocycles. The van der Waals surface area contributed by atoms with Crippen LogP contribution in [0.1, 0.15) is 10.4 Å². The number of aromatic carboxylic acids is 1. The molecule has 0 aliphatic rings. The maximum Gasteiger partial charge on any atom is 0.335 e. The molecule has 0 spiro atoms. The van der Waals surface area contributed by atoms with Crippen LogP contribution in [0, 0.1) is 0 Å². The van der Waals surface area contributed by atoms with Gasteiger partial charge in [0.05, 0.1) is 23.9 Å². The molecular weight excluding hydrogens is 338 g/mol. The van der Waals surface area contributed by atoms with Crippen molar-refractivity contribution < 1.29 is 14.6 Å². The first kappa shape index (κ1) is 15.7. The van der Waals surface area contributed by atoms with Gasteiger partial charge in [0.25, 0.3) is 5.56 Å². The SMILES string of the molecule is COc1ccc2[nH]c3c(=O)n(-c4ccc(C(=O)O)cc4)c(=O)[nH]c3c2c1. The molecule has 0 fully saturated rings. The van der Waals surface area contributed by atoms with Crippen molar-refractivity contribution in [2.24, 2.45) is 0 Å². The Kier molecular flexibility index (Phi) is 3.40. The molecule has 0 aliphatic heterocycles. The third kappa shape index (κ3) is 2.27. The molecule has 2 heterocycles. The van der Waals surface area contributed by atoms with Crippen LogP contribution in [0.2, 0.25) is 0 Å². The minimum absolute atomic E-state index is 0.0667. The average Bonchev–Trinajstić information content (AvgIpc) is 3.00. The molecule has 0 bridgehead atoms. The van der Waals surface area contributed by atoms with E-state index in [1.165, 1.54) is 31.4 Å². The van der Waals surface area contributed by atoms with Gasteiger partial charge in [-0.15, -0.1) is 0 Å². The average molecular weight is 351 g/mol. The molecule has 4 rings (SSSR count). The first-order valence-electron chi connectivity index (χ1n) is 7.68. The summed E-state index contributed by atoms with van der Waals surface area (Å²) in [6.07, 6.45) is 0. The maximum atomic E-state index is 12.9. The predicted molar refractivity (Wildman–Crippen MR) is 95.5 cm³/mol. The van der Waals surface area contributed by atoms with Crippen LogP contribution >= 0.6 is 0 Å². The second-order valence-electron chi connectivity index (χ2n) is 5.71.